The average Bonchev–Trinajstić information content (AvgIpc) is 2.67. The topological polar surface area (TPSA) is 49.4 Å². The lowest BCUT2D eigenvalue weighted by atomic mass is 10.1. The van der Waals surface area contributed by atoms with E-state index in [2.05, 4.69) is 5.32 Å². The maximum absolute atomic E-state index is 13.3. The minimum atomic E-state index is -0.625. The molecule has 2 aromatic carbocycles. The molecular formula is C23H28Cl2N2O2S. The zero-order chi connectivity index (χ0) is 22.3. The van der Waals surface area contributed by atoms with Crippen LogP contribution < -0.4 is 5.32 Å². The first-order valence-corrected chi connectivity index (χ1v) is 11.6. The van der Waals surface area contributed by atoms with E-state index in [0.717, 1.165) is 4.90 Å². The number of halogens is 2. The zero-order valence-corrected chi connectivity index (χ0v) is 20.1. The Morgan fingerprint density at radius 2 is 1.63 bits per heavy atom. The molecule has 0 aliphatic rings. The summed E-state index contributed by atoms with van der Waals surface area (Å²) in [6.45, 7) is 7.81. The van der Waals surface area contributed by atoms with Crippen LogP contribution in [0.1, 0.15) is 39.7 Å². The Morgan fingerprint density at radius 1 is 1.03 bits per heavy atom. The molecule has 0 saturated carbocycles. The standard InChI is InChI=1S/C23H28Cl2N2O2S/c1-5-20(22(29)26-23(2,3)4)27(14-17-18(24)12-9-13-19(17)25)21(28)15-30-16-10-7-6-8-11-16/h6-13,20H,5,14-15H2,1-4H3,(H,26,29)/t20-/m1/s1. The molecule has 0 radical (unpaired) electrons. The van der Waals surface area contributed by atoms with E-state index >= 15 is 0 Å². The molecule has 2 rings (SSSR count). The normalized spacial score (nSPS) is 12.3. The van der Waals surface area contributed by atoms with E-state index in [4.69, 9.17) is 23.2 Å². The van der Waals surface area contributed by atoms with Crippen LogP contribution in [0.25, 0.3) is 0 Å². The van der Waals surface area contributed by atoms with Gasteiger partial charge in [-0.05, 0) is 51.5 Å². The summed E-state index contributed by atoms with van der Waals surface area (Å²) in [7, 11) is 0. The third kappa shape index (κ3) is 7.22. The molecule has 7 heteroatoms. The fraction of sp³-hybridized carbons (Fsp3) is 0.391. The number of nitrogens with one attached hydrogen (secondary N) is 1. The van der Waals surface area contributed by atoms with Crippen LogP contribution in [0.4, 0.5) is 0 Å². The average molecular weight is 467 g/mol. The first-order chi connectivity index (χ1) is 14.1. The molecule has 4 nitrogen and oxygen atoms in total. The maximum Gasteiger partial charge on any atom is 0.243 e. The van der Waals surface area contributed by atoms with E-state index in [1.54, 1.807) is 23.1 Å². The van der Waals surface area contributed by atoms with Gasteiger partial charge in [0.25, 0.3) is 0 Å². The summed E-state index contributed by atoms with van der Waals surface area (Å²) < 4.78 is 0. The Bertz CT molecular complexity index is 849. The molecule has 0 unspecified atom stereocenters. The minimum absolute atomic E-state index is 0.143. The van der Waals surface area contributed by atoms with Gasteiger partial charge in [0.1, 0.15) is 6.04 Å². The van der Waals surface area contributed by atoms with Crippen LogP contribution in [0.5, 0.6) is 0 Å². The number of nitrogens with zero attached hydrogens (tertiary/aromatic N) is 1. The SMILES string of the molecule is CC[C@H](C(=O)NC(C)(C)C)N(Cc1c(Cl)cccc1Cl)C(=O)CSc1ccccc1. The van der Waals surface area contributed by atoms with Crippen molar-refractivity contribution in [1.82, 2.24) is 10.2 Å². The Hall–Kier alpha value is -1.69. The van der Waals surface area contributed by atoms with Gasteiger partial charge in [-0.2, -0.15) is 0 Å². The molecule has 0 spiro atoms. The lowest BCUT2D eigenvalue weighted by Gasteiger charge is -2.33. The van der Waals surface area contributed by atoms with E-state index in [1.807, 2.05) is 58.0 Å². The van der Waals surface area contributed by atoms with Crippen molar-refractivity contribution in [1.29, 1.82) is 0 Å². The van der Waals surface area contributed by atoms with Gasteiger partial charge in [0.05, 0.1) is 5.75 Å². The summed E-state index contributed by atoms with van der Waals surface area (Å²) in [5, 5.41) is 3.94. The number of carbonyl (C=O) groups excluding carboxylic acids is 2. The van der Waals surface area contributed by atoms with Crippen molar-refractivity contribution in [2.24, 2.45) is 0 Å². The molecule has 30 heavy (non-hydrogen) atoms. The second kappa shape index (κ2) is 11.1. The number of amides is 2. The Balaban J connectivity index is 2.30. The quantitative estimate of drug-likeness (QED) is 0.499. The highest BCUT2D eigenvalue weighted by atomic mass is 35.5. The molecule has 0 aliphatic carbocycles. The summed E-state index contributed by atoms with van der Waals surface area (Å²) in [4.78, 5) is 28.8. The van der Waals surface area contributed by atoms with E-state index < -0.39 is 11.6 Å². The van der Waals surface area contributed by atoms with Gasteiger partial charge in [-0.3, -0.25) is 9.59 Å². The van der Waals surface area contributed by atoms with Crippen LogP contribution in [0.3, 0.4) is 0 Å². The number of rotatable bonds is 8. The van der Waals surface area contributed by atoms with Gasteiger partial charge >= 0.3 is 0 Å². The van der Waals surface area contributed by atoms with Gasteiger partial charge in [0.15, 0.2) is 0 Å². The van der Waals surface area contributed by atoms with Gasteiger partial charge in [-0.25, -0.2) is 0 Å². The number of benzene rings is 2. The molecule has 0 fully saturated rings. The predicted octanol–water partition coefficient (Wildman–Crippen LogP) is 5.81. The first kappa shape index (κ1) is 24.6. The Kier molecular flexibility index (Phi) is 9.08. The third-order valence-electron chi connectivity index (χ3n) is 4.38. The summed E-state index contributed by atoms with van der Waals surface area (Å²) in [6, 6.07) is 14.3. The van der Waals surface area contributed by atoms with Crippen LogP contribution in [-0.4, -0.2) is 34.0 Å². The molecular weight excluding hydrogens is 439 g/mol. The van der Waals surface area contributed by atoms with Crippen LogP contribution in [0.2, 0.25) is 10.0 Å². The predicted molar refractivity (Wildman–Crippen MR) is 126 cm³/mol. The molecule has 0 heterocycles. The molecule has 162 valence electrons. The highest BCUT2D eigenvalue weighted by molar-refractivity contribution is 8.00. The highest BCUT2D eigenvalue weighted by Gasteiger charge is 2.31. The van der Waals surface area contributed by atoms with Crippen molar-refractivity contribution >= 4 is 46.8 Å². The maximum atomic E-state index is 13.3. The van der Waals surface area contributed by atoms with Gasteiger partial charge in [0, 0.05) is 32.6 Å². The zero-order valence-electron chi connectivity index (χ0n) is 17.7. The number of hydrogen-bond donors (Lipinski definition) is 1. The largest absolute Gasteiger partial charge is 0.350 e. The molecule has 2 amide bonds. The van der Waals surface area contributed by atoms with Gasteiger partial charge in [0.2, 0.25) is 11.8 Å². The number of hydrogen-bond acceptors (Lipinski definition) is 3. The molecule has 0 bridgehead atoms. The van der Waals surface area contributed by atoms with Gasteiger partial charge in [-0.15, -0.1) is 11.8 Å². The third-order valence-corrected chi connectivity index (χ3v) is 6.08. The van der Waals surface area contributed by atoms with Crippen LogP contribution in [0, 0.1) is 0 Å². The van der Waals surface area contributed by atoms with Crippen molar-refractivity contribution < 1.29 is 9.59 Å². The smallest absolute Gasteiger partial charge is 0.243 e. The van der Waals surface area contributed by atoms with Gasteiger partial charge in [-0.1, -0.05) is 54.4 Å². The van der Waals surface area contributed by atoms with E-state index in [9.17, 15) is 9.59 Å². The summed E-state index contributed by atoms with van der Waals surface area (Å²) in [6.07, 6.45) is 0.478. The van der Waals surface area contributed by atoms with Crippen molar-refractivity contribution in [3.8, 4) is 0 Å². The van der Waals surface area contributed by atoms with Gasteiger partial charge < -0.3 is 10.2 Å². The first-order valence-electron chi connectivity index (χ1n) is 9.84. The lowest BCUT2D eigenvalue weighted by Crippen LogP contribution is -2.53. The van der Waals surface area contributed by atoms with Crippen LogP contribution in [0.15, 0.2) is 53.4 Å². The van der Waals surface area contributed by atoms with Crippen molar-refractivity contribution in [2.45, 2.75) is 57.1 Å². The Morgan fingerprint density at radius 3 is 2.17 bits per heavy atom. The molecule has 0 saturated heterocycles. The molecule has 1 N–H and O–H groups in total. The Labute approximate surface area is 193 Å². The van der Waals surface area contributed by atoms with Crippen molar-refractivity contribution in [3.63, 3.8) is 0 Å². The monoisotopic (exact) mass is 466 g/mol. The van der Waals surface area contributed by atoms with Crippen molar-refractivity contribution in [3.05, 3.63) is 64.1 Å². The molecule has 1 atom stereocenters. The van der Waals surface area contributed by atoms with Crippen molar-refractivity contribution in [2.75, 3.05) is 5.75 Å². The minimum Gasteiger partial charge on any atom is -0.350 e. The summed E-state index contributed by atoms with van der Waals surface area (Å²) >= 11 is 14.2. The highest BCUT2D eigenvalue weighted by Crippen LogP contribution is 2.28. The second-order valence-electron chi connectivity index (χ2n) is 7.99. The van der Waals surface area contributed by atoms with Crippen LogP contribution in [-0.2, 0) is 16.1 Å². The summed E-state index contributed by atoms with van der Waals surface area (Å²) in [5.41, 5.74) is 0.237. The van der Waals surface area contributed by atoms with E-state index in [-0.39, 0.29) is 24.1 Å². The fourth-order valence-electron chi connectivity index (χ4n) is 2.97. The fourth-order valence-corrected chi connectivity index (χ4v) is 4.29. The second-order valence-corrected chi connectivity index (χ2v) is 9.85. The molecule has 2 aromatic rings. The van der Waals surface area contributed by atoms with Crippen LogP contribution >= 0.6 is 35.0 Å². The van der Waals surface area contributed by atoms with E-state index in [1.165, 1.54) is 11.8 Å². The number of carbonyl (C=O) groups is 2. The summed E-state index contributed by atoms with van der Waals surface area (Å²) in [5.74, 6) is -0.118. The molecule has 0 aliphatic heterocycles. The molecule has 0 aromatic heterocycles. The van der Waals surface area contributed by atoms with E-state index in [0.29, 0.717) is 22.0 Å². The lowest BCUT2D eigenvalue weighted by molar-refractivity contribution is -0.140. The number of thioether (sulfide) groups is 1.